The van der Waals surface area contributed by atoms with Gasteiger partial charge in [0.25, 0.3) is 5.56 Å². The lowest BCUT2D eigenvalue weighted by atomic mass is 10.1. The van der Waals surface area contributed by atoms with Crippen molar-refractivity contribution < 1.29 is 31.5 Å². The average molecular weight is 519 g/mol. The third-order valence-corrected chi connectivity index (χ3v) is 11.1. The molecule has 1 aromatic heterocycles. The fourth-order valence-electron chi connectivity index (χ4n) is 3.37. The molecule has 1 aromatic carbocycles. The first kappa shape index (κ1) is 27.3. The molecule has 0 bridgehead atoms. The van der Waals surface area contributed by atoms with E-state index in [0.29, 0.717) is 5.56 Å². The van der Waals surface area contributed by atoms with Crippen LogP contribution >= 0.6 is 0 Å². The molecule has 12 heteroatoms. The number of H-pyrrole nitrogens is 1. The predicted molar refractivity (Wildman–Crippen MR) is 123 cm³/mol. The van der Waals surface area contributed by atoms with Crippen LogP contribution in [-0.2, 0) is 26.7 Å². The number of hydrogen-bond donors (Lipinski definition) is 1. The van der Waals surface area contributed by atoms with E-state index in [1.165, 1.54) is 12.1 Å². The second-order valence-electron chi connectivity index (χ2n) is 10.1. The number of aromatic nitrogens is 2. The van der Waals surface area contributed by atoms with E-state index in [1.54, 1.807) is 0 Å². The van der Waals surface area contributed by atoms with Gasteiger partial charge >= 0.3 is 11.9 Å². The van der Waals surface area contributed by atoms with E-state index in [-0.39, 0.29) is 24.7 Å². The first-order valence-corrected chi connectivity index (χ1v) is 14.1. The van der Waals surface area contributed by atoms with Crippen molar-refractivity contribution in [3.63, 3.8) is 0 Å². The zero-order chi connectivity index (χ0) is 26.2. The minimum Gasteiger partial charge on any atom is -0.414 e. The quantitative estimate of drug-likeness (QED) is 0.428. The van der Waals surface area contributed by atoms with Gasteiger partial charge in [0, 0.05) is 6.42 Å². The van der Waals surface area contributed by atoms with E-state index in [4.69, 9.17) is 13.9 Å². The molecule has 0 saturated carbocycles. The van der Waals surface area contributed by atoms with Crippen LogP contribution in [0.5, 0.6) is 0 Å². The van der Waals surface area contributed by atoms with E-state index in [2.05, 4.69) is 33.9 Å². The molecule has 194 valence electrons. The fraction of sp³-hybridized carbons (Fsp3) is 0.565. The number of hydrogen-bond acceptors (Lipinski definition) is 5. The Morgan fingerprint density at radius 3 is 2.34 bits per heavy atom. The van der Waals surface area contributed by atoms with Crippen LogP contribution in [0.15, 0.2) is 40.1 Å². The molecule has 7 nitrogen and oxygen atoms in total. The molecule has 2 heterocycles. The molecule has 3 atom stereocenters. The van der Waals surface area contributed by atoms with Crippen molar-refractivity contribution in [1.29, 1.82) is 0 Å². The molecule has 1 aliphatic rings. The van der Waals surface area contributed by atoms with Gasteiger partial charge in [0.2, 0.25) is 5.82 Å². The van der Waals surface area contributed by atoms with Gasteiger partial charge in [-0.25, -0.2) is 4.79 Å². The summed E-state index contributed by atoms with van der Waals surface area (Å²) in [5.41, 5.74) is -2.19. The second kappa shape index (κ2) is 10.00. The van der Waals surface area contributed by atoms with Gasteiger partial charge in [-0.15, -0.1) is 0 Å². The van der Waals surface area contributed by atoms with E-state index in [1.807, 2.05) is 4.98 Å². The van der Waals surface area contributed by atoms with Crippen molar-refractivity contribution >= 4 is 8.32 Å². The molecule has 1 fully saturated rings. The van der Waals surface area contributed by atoms with Gasteiger partial charge in [0.05, 0.1) is 31.1 Å². The van der Waals surface area contributed by atoms with Crippen LogP contribution in [0, 0.1) is 5.82 Å². The zero-order valence-electron chi connectivity index (χ0n) is 20.2. The first-order chi connectivity index (χ1) is 16.1. The Kier molecular flexibility index (Phi) is 7.80. The lowest BCUT2D eigenvalue weighted by molar-refractivity contribution is -0.137. The Bertz CT molecular complexity index is 1140. The van der Waals surface area contributed by atoms with Crippen LogP contribution < -0.4 is 11.2 Å². The Balaban J connectivity index is 1.78. The number of benzene rings is 1. The third-order valence-electron chi connectivity index (χ3n) is 6.58. The highest BCUT2D eigenvalue weighted by molar-refractivity contribution is 6.74. The van der Waals surface area contributed by atoms with E-state index >= 15 is 0 Å². The molecule has 1 N–H and O–H groups in total. The molecule has 2 aromatic rings. The molecular weight excluding hydrogens is 488 g/mol. The maximum atomic E-state index is 13.8. The summed E-state index contributed by atoms with van der Waals surface area (Å²) < 4.78 is 71.5. The highest BCUT2D eigenvalue weighted by Gasteiger charge is 2.42. The molecular formula is C23H30F4N2O5Si. The lowest BCUT2D eigenvalue weighted by Gasteiger charge is -2.37. The molecule has 3 rings (SSSR count). The lowest BCUT2D eigenvalue weighted by Crippen LogP contribution is -2.44. The maximum absolute atomic E-state index is 13.8. The van der Waals surface area contributed by atoms with Crippen molar-refractivity contribution in [2.45, 2.75) is 76.5 Å². The van der Waals surface area contributed by atoms with Crippen LogP contribution in [0.3, 0.4) is 0 Å². The summed E-state index contributed by atoms with van der Waals surface area (Å²) in [5.74, 6) is -1.13. The number of nitrogens with zero attached hydrogens (tertiary/aromatic N) is 1. The Morgan fingerprint density at radius 1 is 1.14 bits per heavy atom. The molecule has 0 unspecified atom stereocenters. The van der Waals surface area contributed by atoms with Gasteiger partial charge in [-0.1, -0.05) is 32.9 Å². The van der Waals surface area contributed by atoms with Crippen molar-refractivity contribution in [1.82, 2.24) is 9.55 Å². The molecule has 35 heavy (non-hydrogen) atoms. The molecule has 1 aliphatic heterocycles. The maximum Gasteiger partial charge on any atom is 0.416 e. The zero-order valence-corrected chi connectivity index (χ0v) is 21.2. The smallest absolute Gasteiger partial charge is 0.414 e. The molecule has 0 amide bonds. The molecule has 0 aliphatic carbocycles. The Labute approximate surface area is 201 Å². The number of aromatic amines is 1. The van der Waals surface area contributed by atoms with Crippen molar-refractivity contribution in [3.05, 3.63) is 68.2 Å². The minimum absolute atomic E-state index is 0.00432. The largest absolute Gasteiger partial charge is 0.416 e. The number of ether oxygens (including phenoxy) is 2. The fourth-order valence-corrected chi connectivity index (χ4v) is 4.39. The predicted octanol–water partition coefficient (Wildman–Crippen LogP) is 4.59. The van der Waals surface area contributed by atoms with Gasteiger partial charge in [0.15, 0.2) is 8.32 Å². The molecule has 0 radical (unpaired) electrons. The van der Waals surface area contributed by atoms with E-state index < -0.39 is 55.6 Å². The van der Waals surface area contributed by atoms with E-state index in [9.17, 15) is 27.2 Å². The number of alkyl halides is 3. The normalized spacial score (nSPS) is 21.5. The van der Waals surface area contributed by atoms with Gasteiger partial charge in [-0.05, 0) is 35.8 Å². The SMILES string of the molecule is CC(C)(C)[Si](C)(C)OC[C@H]1O[C@@H](n2cc(F)c(=O)[nH]c2=O)C[C@@H]1OCc1ccc(C(F)(F)F)cc1. The van der Waals surface area contributed by atoms with E-state index in [0.717, 1.165) is 22.9 Å². The summed E-state index contributed by atoms with van der Waals surface area (Å²) in [6.45, 7) is 10.5. The highest BCUT2D eigenvalue weighted by Crippen LogP contribution is 2.38. The van der Waals surface area contributed by atoms with Crippen LogP contribution in [0.4, 0.5) is 17.6 Å². The monoisotopic (exact) mass is 518 g/mol. The number of rotatable bonds is 7. The van der Waals surface area contributed by atoms with Gasteiger partial charge in [-0.3, -0.25) is 14.3 Å². The summed E-state index contributed by atoms with van der Waals surface area (Å²) in [6, 6.07) is 4.62. The summed E-state index contributed by atoms with van der Waals surface area (Å²) >= 11 is 0. The van der Waals surface area contributed by atoms with Crippen LogP contribution in [-0.4, -0.2) is 36.7 Å². The molecule has 0 spiro atoms. The minimum atomic E-state index is -4.43. The topological polar surface area (TPSA) is 82.5 Å². The highest BCUT2D eigenvalue weighted by atomic mass is 28.4. The third kappa shape index (κ3) is 6.49. The van der Waals surface area contributed by atoms with Crippen molar-refractivity contribution in [2.75, 3.05) is 6.61 Å². The van der Waals surface area contributed by atoms with Gasteiger partial charge in [-0.2, -0.15) is 17.6 Å². The summed E-state index contributed by atoms with van der Waals surface area (Å²) in [5, 5.41) is -0.0689. The number of halogens is 4. The summed E-state index contributed by atoms with van der Waals surface area (Å²) in [4.78, 5) is 25.5. The summed E-state index contributed by atoms with van der Waals surface area (Å²) in [6.07, 6.45) is -5.62. The average Bonchev–Trinajstić information content (AvgIpc) is 3.15. The van der Waals surface area contributed by atoms with Gasteiger partial charge < -0.3 is 13.9 Å². The second-order valence-corrected chi connectivity index (χ2v) is 14.9. The Morgan fingerprint density at radius 2 is 1.77 bits per heavy atom. The first-order valence-electron chi connectivity index (χ1n) is 11.2. The van der Waals surface area contributed by atoms with Crippen molar-refractivity contribution in [2.24, 2.45) is 0 Å². The van der Waals surface area contributed by atoms with Gasteiger partial charge in [0.1, 0.15) is 12.3 Å². The summed E-state index contributed by atoms with van der Waals surface area (Å²) in [7, 11) is -2.16. The molecule has 1 saturated heterocycles. The Hall–Kier alpha value is -2.28. The van der Waals surface area contributed by atoms with Crippen LogP contribution in [0.25, 0.3) is 0 Å². The standard InChI is InChI=1S/C23H30F4N2O5Si/c1-22(2,3)35(4,5)33-13-18-17(32-12-14-6-8-15(9-7-14)23(25,26)27)10-19(34-18)29-11-16(24)20(30)28-21(29)31/h6-9,11,17-19H,10,12-13H2,1-5H3,(H,28,30,31)/t17-,18+,19+/m0/s1. The van der Waals surface area contributed by atoms with Crippen LogP contribution in [0.1, 0.15) is 44.5 Å². The van der Waals surface area contributed by atoms with Crippen molar-refractivity contribution in [3.8, 4) is 0 Å². The number of nitrogens with one attached hydrogen (secondary N) is 1. The van der Waals surface area contributed by atoms with Crippen LogP contribution in [0.2, 0.25) is 18.1 Å².